The number of halogens is 1. The summed E-state index contributed by atoms with van der Waals surface area (Å²) in [6.07, 6.45) is -0.180. The van der Waals surface area contributed by atoms with E-state index in [1.165, 1.54) is 0 Å². The van der Waals surface area contributed by atoms with E-state index in [-0.39, 0.29) is 5.91 Å². The van der Waals surface area contributed by atoms with Gasteiger partial charge in [-0.2, -0.15) is 0 Å². The van der Waals surface area contributed by atoms with E-state index in [1.54, 1.807) is 31.3 Å². The Morgan fingerprint density at radius 2 is 2.06 bits per heavy atom. The van der Waals surface area contributed by atoms with Gasteiger partial charge in [-0.05, 0) is 17.7 Å². The first kappa shape index (κ1) is 14.0. The summed E-state index contributed by atoms with van der Waals surface area (Å²) in [7, 11) is 1.60. The molecule has 4 nitrogen and oxygen atoms in total. The van der Waals surface area contributed by atoms with Gasteiger partial charge < -0.3 is 15.7 Å². The zero-order valence-corrected chi connectivity index (χ0v) is 10.5. The number of benzene rings is 1. The Morgan fingerprint density at radius 1 is 1.41 bits per heavy atom. The van der Waals surface area contributed by atoms with Gasteiger partial charge in [0.2, 0.25) is 5.91 Å². The van der Waals surface area contributed by atoms with Crippen molar-refractivity contribution < 1.29 is 9.90 Å². The number of aliphatic hydroxyl groups excluding tert-OH is 1. The predicted molar refractivity (Wildman–Crippen MR) is 68.0 cm³/mol. The first-order valence-electron chi connectivity index (χ1n) is 5.48. The third kappa shape index (κ3) is 5.17. The number of rotatable bonds is 6. The summed E-state index contributed by atoms with van der Waals surface area (Å²) in [5.41, 5.74) is 0.807. The number of amides is 1. The van der Waals surface area contributed by atoms with Gasteiger partial charge in [-0.3, -0.25) is 4.79 Å². The van der Waals surface area contributed by atoms with Crippen LogP contribution in [-0.2, 0) is 4.79 Å². The number of nitrogens with one attached hydrogen (secondary N) is 2. The Bertz CT molecular complexity index is 354. The van der Waals surface area contributed by atoms with Gasteiger partial charge in [0, 0.05) is 31.6 Å². The van der Waals surface area contributed by atoms with Crippen LogP contribution in [0.25, 0.3) is 0 Å². The molecule has 1 unspecified atom stereocenters. The molecule has 5 heteroatoms. The topological polar surface area (TPSA) is 61.4 Å². The molecule has 0 aliphatic rings. The second-order valence-electron chi connectivity index (χ2n) is 3.69. The lowest BCUT2D eigenvalue weighted by Crippen LogP contribution is -2.27. The van der Waals surface area contributed by atoms with E-state index < -0.39 is 6.10 Å². The van der Waals surface area contributed by atoms with Crippen LogP contribution in [0.1, 0.15) is 18.1 Å². The van der Waals surface area contributed by atoms with Crippen LogP contribution in [0.4, 0.5) is 0 Å². The Kier molecular flexibility index (Phi) is 5.97. The van der Waals surface area contributed by atoms with Crippen LogP contribution in [-0.4, -0.2) is 31.2 Å². The predicted octanol–water partition coefficient (Wildman–Crippen LogP) is 1.10. The molecule has 94 valence electrons. The molecule has 0 fully saturated rings. The monoisotopic (exact) mass is 256 g/mol. The molecule has 1 atom stereocenters. The van der Waals surface area contributed by atoms with Gasteiger partial charge in [0.1, 0.15) is 0 Å². The van der Waals surface area contributed by atoms with Crippen LogP contribution in [0.3, 0.4) is 0 Å². The molecular formula is C12H17ClN2O2. The highest BCUT2D eigenvalue weighted by Gasteiger charge is 2.06. The molecule has 0 aliphatic heterocycles. The maximum absolute atomic E-state index is 10.9. The highest BCUT2D eigenvalue weighted by molar-refractivity contribution is 6.30. The molecule has 0 aliphatic carbocycles. The number of hydrogen-bond donors (Lipinski definition) is 3. The van der Waals surface area contributed by atoms with Crippen molar-refractivity contribution in [3.63, 3.8) is 0 Å². The average molecular weight is 257 g/mol. The minimum absolute atomic E-state index is 0.0153. The second-order valence-corrected chi connectivity index (χ2v) is 4.13. The molecule has 3 N–H and O–H groups in total. The van der Waals surface area contributed by atoms with E-state index >= 15 is 0 Å². The van der Waals surface area contributed by atoms with Gasteiger partial charge >= 0.3 is 0 Å². The quantitative estimate of drug-likeness (QED) is 0.668. The number of carbonyl (C=O) groups is 1. The molecule has 0 spiro atoms. The minimum Gasteiger partial charge on any atom is -0.387 e. The van der Waals surface area contributed by atoms with Gasteiger partial charge in [-0.25, -0.2) is 0 Å². The normalized spacial score (nSPS) is 12.2. The minimum atomic E-state index is -0.586. The van der Waals surface area contributed by atoms with Crippen molar-refractivity contribution in [2.75, 3.05) is 20.1 Å². The SMILES string of the molecule is CNC(=O)CCNCC(O)c1ccc(Cl)cc1. The molecule has 0 bridgehead atoms. The zero-order chi connectivity index (χ0) is 12.7. The fourth-order valence-corrected chi connectivity index (χ4v) is 1.49. The van der Waals surface area contributed by atoms with Crippen LogP contribution < -0.4 is 10.6 Å². The Morgan fingerprint density at radius 3 is 2.65 bits per heavy atom. The fourth-order valence-electron chi connectivity index (χ4n) is 1.37. The average Bonchev–Trinajstić information content (AvgIpc) is 2.34. The van der Waals surface area contributed by atoms with E-state index in [0.29, 0.717) is 24.5 Å². The highest BCUT2D eigenvalue weighted by atomic mass is 35.5. The standard InChI is InChI=1S/C12H17ClN2O2/c1-14-12(17)6-7-15-8-11(16)9-2-4-10(13)5-3-9/h2-5,11,15-16H,6-8H2,1H3,(H,14,17). The fraction of sp³-hybridized carbons (Fsp3) is 0.417. The van der Waals surface area contributed by atoms with E-state index in [0.717, 1.165) is 5.56 Å². The lowest BCUT2D eigenvalue weighted by atomic mass is 10.1. The molecule has 0 saturated carbocycles. The zero-order valence-electron chi connectivity index (χ0n) is 9.74. The van der Waals surface area contributed by atoms with E-state index in [2.05, 4.69) is 10.6 Å². The largest absolute Gasteiger partial charge is 0.387 e. The van der Waals surface area contributed by atoms with E-state index in [1.807, 2.05) is 0 Å². The van der Waals surface area contributed by atoms with Crippen molar-refractivity contribution in [2.24, 2.45) is 0 Å². The molecular weight excluding hydrogens is 240 g/mol. The van der Waals surface area contributed by atoms with Crippen molar-refractivity contribution in [1.29, 1.82) is 0 Å². The van der Waals surface area contributed by atoms with Crippen molar-refractivity contribution in [1.82, 2.24) is 10.6 Å². The first-order valence-corrected chi connectivity index (χ1v) is 5.86. The lowest BCUT2D eigenvalue weighted by molar-refractivity contribution is -0.120. The van der Waals surface area contributed by atoms with Crippen molar-refractivity contribution in [3.05, 3.63) is 34.9 Å². The maximum atomic E-state index is 10.9. The molecule has 0 saturated heterocycles. The summed E-state index contributed by atoms with van der Waals surface area (Å²) in [5, 5.41) is 16.0. The van der Waals surface area contributed by atoms with E-state index in [4.69, 9.17) is 11.6 Å². The van der Waals surface area contributed by atoms with Gasteiger partial charge in [-0.15, -0.1) is 0 Å². The third-order valence-electron chi connectivity index (χ3n) is 2.40. The molecule has 1 aromatic rings. The molecule has 1 aromatic carbocycles. The summed E-state index contributed by atoms with van der Waals surface area (Å²) in [5.74, 6) is -0.0153. The van der Waals surface area contributed by atoms with Gasteiger partial charge in [0.05, 0.1) is 6.10 Å². The number of hydrogen-bond acceptors (Lipinski definition) is 3. The second kappa shape index (κ2) is 7.27. The van der Waals surface area contributed by atoms with Crippen LogP contribution in [0.2, 0.25) is 5.02 Å². The van der Waals surface area contributed by atoms with Crippen LogP contribution in [0.5, 0.6) is 0 Å². The van der Waals surface area contributed by atoms with Crippen molar-refractivity contribution in [3.8, 4) is 0 Å². The van der Waals surface area contributed by atoms with Gasteiger partial charge in [-0.1, -0.05) is 23.7 Å². The maximum Gasteiger partial charge on any atom is 0.221 e. The summed E-state index contributed by atoms with van der Waals surface area (Å²) in [6.45, 7) is 0.961. The summed E-state index contributed by atoms with van der Waals surface area (Å²) < 4.78 is 0. The Balaban J connectivity index is 2.27. The van der Waals surface area contributed by atoms with Crippen LogP contribution >= 0.6 is 11.6 Å². The first-order chi connectivity index (χ1) is 8.13. The van der Waals surface area contributed by atoms with Crippen molar-refractivity contribution in [2.45, 2.75) is 12.5 Å². The molecule has 1 amide bonds. The Labute approximate surface area is 106 Å². The number of carbonyl (C=O) groups excluding carboxylic acids is 1. The summed E-state index contributed by atoms with van der Waals surface area (Å²) >= 11 is 5.75. The van der Waals surface area contributed by atoms with E-state index in [9.17, 15) is 9.90 Å². The molecule has 1 rings (SSSR count). The van der Waals surface area contributed by atoms with Gasteiger partial charge in [0.25, 0.3) is 0 Å². The van der Waals surface area contributed by atoms with Crippen LogP contribution in [0, 0.1) is 0 Å². The lowest BCUT2D eigenvalue weighted by Gasteiger charge is -2.12. The molecule has 0 aromatic heterocycles. The van der Waals surface area contributed by atoms with Crippen molar-refractivity contribution >= 4 is 17.5 Å². The van der Waals surface area contributed by atoms with Gasteiger partial charge in [0.15, 0.2) is 0 Å². The highest BCUT2D eigenvalue weighted by Crippen LogP contribution is 2.15. The summed E-state index contributed by atoms with van der Waals surface area (Å²) in [6, 6.07) is 7.05. The Hall–Kier alpha value is -1.10. The molecule has 17 heavy (non-hydrogen) atoms. The smallest absolute Gasteiger partial charge is 0.221 e. The van der Waals surface area contributed by atoms with Crippen LogP contribution in [0.15, 0.2) is 24.3 Å². The number of aliphatic hydroxyl groups is 1. The molecule has 0 heterocycles. The summed E-state index contributed by atoms with van der Waals surface area (Å²) in [4.78, 5) is 10.9. The third-order valence-corrected chi connectivity index (χ3v) is 2.65. The molecule has 0 radical (unpaired) electrons.